The maximum absolute atomic E-state index is 14.5. The zero-order valence-corrected chi connectivity index (χ0v) is 22.4. The van der Waals surface area contributed by atoms with Crippen LogP contribution in [-0.4, -0.2) is 32.7 Å². The zero-order valence-electron chi connectivity index (χ0n) is 22.4. The van der Waals surface area contributed by atoms with Crippen molar-refractivity contribution in [1.29, 1.82) is 0 Å². The summed E-state index contributed by atoms with van der Waals surface area (Å²) in [5.41, 5.74) is 0.618. The maximum atomic E-state index is 14.5. The molecular formula is C31H28F4N4O2. The quantitative estimate of drug-likeness (QED) is 0.234. The van der Waals surface area contributed by atoms with Crippen molar-refractivity contribution < 1.29 is 27.0 Å². The smallest absolute Gasteiger partial charge is 0.394 e. The monoisotopic (exact) mass is 564 g/mol. The molecule has 2 bridgehead atoms. The summed E-state index contributed by atoms with van der Waals surface area (Å²) in [5, 5.41) is 0.409. The Hall–Kier alpha value is -3.66. The molecule has 1 aliphatic heterocycles. The molecular weight excluding hydrogens is 536 g/mol. The van der Waals surface area contributed by atoms with Crippen molar-refractivity contribution in [3.63, 3.8) is 0 Å². The van der Waals surface area contributed by atoms with Crippen LogP contribution in [0.25, 0.3) is 11.0 Å². The van der Waals surface area contributed by atoms with Crippen LogP contribution in [0.4, 0.5) is 17.6 Å². The molecule has 3 aliphatic carbocycles. The molecule has 4 aromatic rings. The molecule has 8 rings (SSSR count). The van der Waals surface area contributed by atoms with Gasteiger partial charge in [0.25, 0.3) is 0 Å². The number of fused-ring (bicyclic) bond motifs is 1. The average Bonchev–Trinajstić information content (AvgIpc) is 2.91. The number of hydrogen-bond acceptors (Lipinski definition) is 6. The minimum atomic E-state index is -4.25. The van der Waals surface area contributed by atoms with E-state index in [4.69, 9.17) is 19.4 Å². The first-order chi connectivity index (χ1) is 19.6. The van der Waals surface area contributed by atoms with E-state index >= 15 is 0 Å². The fraction of sp³-hybridized carbons (Fsp3) is 0.419. The second-order valence-corrected chi connectivity index (χ2v) is 11.7. The number of benzene rings is 1. The summed E-state index contributed by atoms with van der Waals surface area (Å²) >= 11 is 0. The Labute approximate surface area is 234 Å². The Bertz CT molecular complexity index is 1590. The predicted octanol–water partition coefficient (Wildman–Crippen LogP) is 7.07. The highest BCUT2D eigenvalue weighted by Crippen LogP contribution is 2.78. The van der Waals surface area contributed by atoms with Gasteiger partial charge in [0.15, 0.2) is 5.65 Å². The normalized spacial score (nSPS) is 27.2. The molecule has 0 N–H and O–H groups in total. The molecule has 4 heterocycles. The second kappa shape index (κ2) is 9.44. The van der Waals surface area contributed by atoms with E-state index in [0.29, 0.717) is 54.5 Å². The van der Waals surface area contributed by atoms with Crippen molar-refractivity contribution in [3.05, 3.63) is 88.9 Å². The van der Waals surface area contributed by atoms with E-state index in [1.54, 1.807) is 13.1 Å². The van der Waals surface area contributed by atoms with Crippen LogP contribution in [0.3, 0.4) is 0 Å². The highest BCUT2D eigenvalue weighted by Gasteiger charge is 2.79. The van der Waals surface area contributed by atoms with Gasteiger partial charge < -0.3 is 9.47 Å². The molecule has 0 spiro atoms. The number of alkyl halides is 3. The Morgan fingerprint density at radius 1 is 1.02 bits per heavy atom. The zero-order chi connectivity index (χ0) is 28.4. The van der Waals surface area contributed by atoms with Crippen molar-refractivity contribution in [1.82, 2.24) is 19.9 Å². The SMILES string of the molecule is Cc1nc2nc([C@H]3CCO[C@@H](c4ccc(OCc5ccccc5)nc4)C3)nc(C34CC(C(F)(F)F)(C3)C4)c2cc1F. The van der Waals surface area contributed by atoms with Gasteiger partial charge in [0.05, 0.1) is 22.9 Å². The summed E-state index contributed by atoms with van der Waals surface area (Å²) in [5.74, 6) is 0.432. The van der Waals surface area contributed by atoms with E-state index < -0.39 is 22.8 Å². The van der Waals surface area contributed by atoms with Crippen LogP contribution in [0.1, 0.15) is 72.5 Å². The fourth-order valence-electron chi connectivity index (χ4n) is 6.73. The van der Waals surface area contributed by atoms with Crippen LogP contribution >= 0.6 is 0 Å². The van der Waals surface area contributed by atoms with Gasteiger partial charge in [0.1, 0.15) is 18.2 Å². The largest absolute Gasteiger partial charge is 0.473 e. The molecule has 3 saturated carbocycles. The number of halogens is 4. The molecule has 4 fully saturated rings. The third-order valence-electron chi connectivity index (χ3n) is 8.98. The minimum Gasteiger partial charge on any atom is -0.473 e. The summed E-state index contributed by atoms with van der Waals surface area (Å²) in [4.78, 5) is 18.4. The van der Waals surface area contributed by atoms with E-state index in [-0.39, 0.29) is 37.0 Å². The number of aryl methyl sites for hydroxylation is 1. The molecule has 6 nitrogen and oxygen atoms in total. The Kier molecular flexibility index (Phi) is 6.04. The van der Waals surface area contributed by atoms with Crippen LogP contribution in [0.2, 0.25) is 0 Å². The van der Waals surface area contributed by atoms with Crippen molar-refractivity contribution in [2.45, 2.75) is 69.2 Å². The highest BCUT2D eigenvalue weighted by atomic mass is 19.4. The first-order valence-corrected chi connectivity index (χ1v) is 13.8. The van der Waals surface area contributed by atoms with Gasteiger partial charge in [-0.2, -0.15) is 13.2 Å². The topological polar surface area (TPSA) is 70.0 Å². The number of pyridine rings is 2. The first kappa shape index (κ1) is 26.3. The molecule has 1 aromatic carbocycles. The molecule has 3 aromatic heterocycles. The lowest BCUT2D eigenvalue weighted by Crippen LogP contribution is -2.70. The van der Waals surface area contributed by atoms with Gasteiger partial charge in [-0.25, -0.2) is 24.3 Å². The van der Waals surface area contributed by atoms with E-state index in [0.717, 1.165) is 11.1 Å². The third kappa shape index (κ3) is 4.43. The highest BCUT2D eigenvalue weighted by molar-refractivity contribution is 5.80. The van der Waals surface area contributed by atoms with Crippen molar-refractivity contribution in [2.75, 3.05) is 6.61 Å². The first-order valence-electron chi connectivity index (χ1n) is 13.8. The van der Waals surface area contributed by atoms with Crippen LogP contribution in [0, 0.1) is 18.2 Å². The van der Waals surface area contributed by atoms with E-state index in [9.17, 15) is 17.6 Å². The van der Waals surface area contributed by atoms with Gasteiger partial charge in [0, 0.05) is 35.6 Å². The van der Waals surface area contributed by atoms with Gasteiger partial charge in [-0.3, -0.25) is 0 Å². The lowest BCUT2D eigenvalue weighted by atomic mass is 9.33. The molecule has 2 atom stereocenters. The van der Waals surface area contributed by atoms with Gasteiger partial charge in [0.2, 0.25) is 5.88 Å². The summed E-state index contributed by atoms with van der Waals surface area (Å²) in [6.45, 7) is 2.44. The molecule has 0 radical (unpaired) electrons. The van der Waals surface area contributed by atoms with Gasteiger partial charge in [-0.1, -0.05) is 30.3 Å². The summed E-state index contributed by atoms with van der Waals surface area (Å²) < 4.78 is 67.3. The van der Waals surface area contributed by atoms with Crippen LogP contribution in [0.15, 0.2) is 54.7 Å². The molecule has 0 amide bonds. The third-order valence-corrected chi connectivity index (χ3v) is 8.98. The Morgan fingerprint density at radius 2 is 1.80 bits per heavy atom. The number of nitrogens with zero attached hydrogens (tertiary/aromatic N) is 4. The molecule has 4 aliphatic rings. The number of aromatic nitrogens is 4. The molecule has 1 saturated heterocycles. The van der Waals surface area contributed by atoms with Gasteiger partial charge >= 0.3 is 6.18 Å². The summed E-state index contributed by atoms with van der Waals surface area (Å²) in [6.07, 6.45) is -1.58. The van der Waals surface area contributed by atoms with Crippen LogP contribution in [0.5, 0.6) is 5.88 Å². The molecule has 0 unspecified atom stereocenters. The average molecular weight is 565 g/mol. The second-order valence-electron chi connectivity index (χ2n) is 11.7. The lowest BCUT2D eigenvalue weighted by Gasteiger charge is -2.70. The van der Waals surface area contributed by atoms with Crippen LogP contribution < -0.4 is 4.74 Å². The van der Waals surface area contributed by atoms with Gasteiger partial charge in [-0.15, -0.1) is 0 Å². The number of hydrogen-bond donors (Lipinski definition) is 0. The molecule has 212 valence electrons. The van der Waals surface area contributed by atoms with Crippen molar-refractivity contribution >= 4 is 11.0 Å². The van der Waals surface area contributed by atoms with Crippen molar-refractivity contribution in [3.8, 4) is 5.88 Å². The summed E-state index contributed by atoms with van der Waals surface area (Å²) in [7, 11) is 0. The van der Waals surface area contributed by atoms with Crippen LogP contribution in [-0.2, 0) is 16.8 Å². The minimum absolute atomic E-state index is 0.0225. The van der Waals surface area contributed by atoms with E-state index in [2.05, 4.69) is 9.97 Å². The Balaban J connectivity index is 1.13. The number of ether oxygens (including phenoxy) is 2. The van der Waals surface area contributed by atoms with Gasteiger partial charge in [-0.05, 0) is 62.3 Å². The Morgan fingerprint density at radius 3 is 2.51 bits per heavy atom. The van der Waals surface area contributed by atoms with E-state index in [1.165, 1.54) is 6.07 Å². The lowest BCUT2D eigenvalue weighted by molar-refractivity contribution is -0.337. The molecule has 41 heavy (non-hydrogen) atoms. The number of rotatable bonds is 6. The summed E-state index contributed by atoms with van der Waals surface area (Å²) in [6, 6.07) is 14.9. The standard InChI is InChI=1S/C31H28F4N4O2/c1-18-23(32)12-22-26(29-15-30(16-29,17-29)31(33,34)35)38-27(39-28(22)37-18)20-9-10-40-24(11-20)21-7-8-25(36-13-21)41-14-19-5-3-2-4-6-19/h2-8,12-13,20,24H,9-11,14-17H2,1H3/t20-,24+,29?,30?/m0/s1. The van der Waals surface area contributed by atoms with Crippen molar-refractivity contribution in [2.24, 2.45) is 5.41 Å². The van der Waals surface area contributed by atoms with E-state index in [1.807, 2.05) is 42.5 Å². The fourth-order valence-corrected chi connectivity index (χ4v) is 6.73. The predicted molar refractivity (Wildman–Crippen MR) is 142 cm³/mol. The molecule has 10 heteroatoms. The maximum Gasteiger partial charge on any atom is 0.394 e.